The Kier molecular flexibility index (Phi) is 7.95. The second-order valence-electron chi connectivity index (χ2n) is 6.59. The molecule has 4 atom stereocenters. The van der Waals surface area contributed by atoms with E-state index in [0.717, 1.165) is 0 Å². The van der Waals surface area contributed by atoms with Gasteiger partial charge < -0.3 is 0 Å². The first-order valence-corrected chi connectivity index (χ1v) is 14.9. The molecule has 34 heavy (non-hydrogen) atoms. The summed E-state index contributed by atoms with van der Waals surface area (Å²) >= 11 is 0. The number of aromatic nitrogens is 4. The molecule has 1 saturated heterocycles. The summed E-state index contributed by atoms with van der Waals surface area (Å²) in [5.41, 5.74) is 0.145. The van der Waals surface area contributed by atoms with E-state index in [4.69, 9.17) is 24.5 Å². The molecule has 24 heteroatoms. The van der Waals surface area contributed by atoms with Crippen LogP contribution in [0.1, 0.15) is 6.04 Å². The van der Waals surface area contributed by atoms with Gasteiger partial charge in [0.05, 0.1) is 0 Å². The number of hydrogen-bond donors (Lipinski definition) is 9. The van der Waals surface area contributed by atoms with Crippen LogP contribution in [0.4, 0.5) is 0 Å². The molecule has 1 aliphatic heterocycles. The topological polar surface area (TPSA) is 309 Å². The van der Waals surface area contributed by atoms with E-state index < -0.39 is 56.5 Å². The Labute approximate surface area is 188 Å². The van der Waals surface area contributed by atoms with Gasteiger partial charge in [-0.1, -0.05) is 0 Å². The summed E-state index contributed by atoms with van der Waals surface area (Å²) in [6.07, 6.45) is -0.579. The number of nitrogens with zero attached hydrogens (tertiary/aromatic N) is 3. The van der Waals surface area contributed by atoms with Crippen LogP contribution in [0, 0.1) is 5.41 Å². The second kappa shape index (κ2) is 9.80. The molecular formula is C10H19N5O15P4. The number of phosphoric ester groups is 1. The van der Waals surface area contributed by atoms with E-state index in [9.17, 15) is 38.2 Å². The first kappa shape index (κ1) is 27.6. The normalized spacial score (nSPS) is 24.4. The van der Waals surface area contributed by atoms with Gasteiger partial charge in [0.15, 0.2) is 0 Å². The zero-order chi connectivity index (χ0) is 25.5. The monoisotopic (exact) mass is 573 g/mol. The molecule has 194 valence electrons. The van der Waals surface area contributed by atoms with Crippen LogP contribution in [0.25, 0.3) is 11.2 Å². The van der Waals surface area contributed by atoms with E-state index in [0.29, 0.717) is 0 Å². The molecule has 9 N–H and O–H groups in total. The number of ether oxygens (including phenoxy) is 1. The standard InChI is InChI=1S/C10H19N5O15P4/c11-9-7-10(13-3-12-9)15(4-14-7)5-1-26-6(8(5)28-31(16,17)18)2-27-33(22,23)30-34(24,25)29-32(19,20)21/h3-6,8,22-23,33H,1-2H2,(H,24,25)(H2,11,12,13)(H2,16,17,18)(H2,19,20,21)/t5?,6-,8?/m1/s1. The number of phosphoric acid groups is 3. The Bertz CT molecular complexity index is 1240. The number of imidazole rings is 1. The van der Waals surface area contributed by atoms with Crippen LogP contribution in [0.3, 0.4) is 0 Å². The molecule has 2 aromatic rings. The molecular weight excluding hydrogens is 554 g/mol. The van der Waals surface area contributed by atoms with Gasteiger partial charge in [-0.25, -0.2) is 0 Å². The first-order valence-electron chi connectivity index (χ1n) is 8.66. The average molecular weight is 573 g/mol. The fraction of sp³-hybridized carbons (Fsp3) is 0.500. The van der Waals surface area contributed by atoms with E-state index in [-0.39, 0.29) is 23.3 Å². The molecule has 1 fully saturated rings. The van der Waals surface area contributed by atoms with Crippen LogP contribution in [-0.2, 0) is 36.1 Å². The van der Waals surface area contributed by atoms with Crippen molar-refractivity contribution in [1.82, 2.24) is 19.5 Å². The van der Waals surface area contributed by atoms with Crippen molar-refractivity contribution in [3.63, 3.8) is 0 Å². The molecule has 0 radical (unpaired) electrons. The molecule has 0 saturated carbocycles. The molecule has 20 nitrogen and oxygen atoms in total. The van der Waals surface area contributed by atoms with Crippen molar-refractivity contribution in [3.05, 3.63) is 18.1 Å². The summed E-state index contributed by atoms with van der Waals surface area (Å²) in [5, 5.41) is 7.80. The van der Waals surface area contributed by atoms with Crippen LogP contribution in [-0.4, -0.2) is 79.2 Å². The van der Waals surface area contributed by atoms with E-state index in [1.54, 1.807) is 0 Å². The van der Waals surface area contributed by atoms with Crippen molar-refractivity contribution in [2.24, 2.45) is 0 Å². The zero-order valence-corrected chi connectivity index (χ0v) is 20.1. The Morgan fingerprint density at radius 2 is 1.85 bits per heavy atom. The Balaban J connectivity index is 1.79. The maximum atomic E-state index is 11.5. The Morgan fingerprint density at radius 3 is 2.47 bits per heavy atom. The molecule has 1 aliphatic rings. The summed E-state index contributed by atoms with van der Waals surface area (Å²) < 4.78 is 57.1. The number of rotatable bonds is 10. The number of fused-ring (bicyclic) bond motifs is 1. The Hall–Kier alpha value is -1.01. The van der Waals surface area contributed by atoms with Gasteiger partial charge in [-0.3, -0.25) is 0 Å². The molecule has 3 unspecified atom stereocenters. The number of nitrogens with one attached hydrogen (secondary N) is 2. The molecule has 0 bridgehead atoms. The van der Waals surface area contributed by atoms with Gasteiger partial charge >= 0.3 is 188 Å². The zero-order valence-electron chi connectivity index (χ0n) is 16.4. The van der Waals surface area contributed by atoms with Crippen LogP contribution < -0.4 is 5.49 Å². The summed E-state index contributed by atoms with van der Waals surface area (Å²) in [7, 11) is -22.0. The second-order valence-corrected chi connectivity index (χ2v) is 12.5. The summed E-state index contributed by atoms with van der Waals surface area (Å²) in [6, 6.07) is -1.02. The molecule has 0 amide bonds. The van der Waals surface area contributed by atoms with Crippen LogP contribution in [0.5, 0.6) is 0 Å². The van der Waals surface area contributed by atoms with Crippen molar-refractivity contribution in [2.75, 3.05) is 13.2 Å². The number of hydrogen-bond acceptors (Lipinski definition) is 13. The van der Waals surface area contributed by atoms with Gasteiger partial charge in [0, 0.05) is 0 Å². The third-order valence-corrected chi connectivity index (χ3v) is 8.73. The van der Waals surface area contributed by atoms with Crippen molar-refractivity contribution < 1.29 is 70.4 Å². The van der Waals surface area contributed by atoms with Gasteiger partial charge in [0.25, 0.3) is 0 Å². The minimum absolute atomic E-state index is 0.102. The minimum atomic E-state index is -5.69. The molecule has 0 spiro atoms. The van der Waals surface area contributed by atoms with Gasteiger partial charge in [-0.2, -0.15) is 0 Å². The fourth-order valence-electron chi connectivity index (χ4n) is 2.98. The average Bonchev–Trinajstić information content (AvgIpc) is 3.20. The van der Waals surface area contributed by atoms with Crippen molar-refractivity contribution in [1.29, 1.82) is 5.41 Å². The third kappa shape index (κ3) is 7.25. The summed E-state index contributed by atoms with van der Waals surface area (Å²) in [5.74, 6) is 0. The fourth-order valence-corrected chi connectivity index (χ4v) is 6.88. The van der Waals surface area contributed by atoms with Crippen molar-refractivity contribution >= 4 is 42.8 Å². The van der Waals surface area contributed by atoms with E-state index >= 15 is 0 Å². The predicted octanol–water partition coefficient (Wildman–Crippen LogP) is -1.71. The summed E-state index contributed by atoms with van der Waals surface area (Å²) in [4.78, 5) is 74.9. The number of aromatic amines is 1. The van der Waals surface area contributed by atoms with Crippen LogP contribution >= 0.6 is 31.6 Å². The first-order chi connectivity index (χ1) is 15.5. The third-order valence-electron chi connectivity index (χ3n) is 4.12. The summed E-state index contributed by atoms with van der Waals surface area (Å²) in [6.45, 7) is -1.22. The van der Waals surface area contributed by atoms with E-state index in [1.165, 1.54) is 17.2 Å². The van der Waals surface area contributed by atoms with Gasteiger partial charge in [-0.15, -0.1) is 0 Å². The SMILES string of the molecule is N=c1[nH]cnc2c1ncn2C1CO[C@H](CO[PH](O)(O)OP(=O)(O)OP(=O)(O)O)C1OP(=O)(O)O. The molecule has 0 aliphatic carbocycles. The van der Waals surface area contributed by atoms with Crippen molar-refractivity contribution in [2.45, 2.75) is 18.2 Å². The van der Waals surface area contributed by atoms with Gasteiger partial charge in [-0.05, 0) is 0 Å². The Morgan fingerprint density at radius 1 is 1.18 bits per heavy atom. The number of H-pyrrole nitrogens is 1. The van der Waals surface area contributed by atoms with Gasteiger partial charge in [0.2, 0.25) is 0 Å². The van der Waals surface area contributed by atoms with Gasteiger partial charge in [0.1, 0.15) is 0 Å². The molecule has 3 rings (SSSR count). The predicted molar refractivity (Wildman–Crippen MR) is 106 cm³/mol. The van der Waals surface area contributed by atoms with Crippen LogP contribution in [0.15, 0.2) is 12.7 Å². The van der Waals surface area contributed by atoms with E-state index in [2.05, 4.69) is 28.1 Å². The maximum absolute atomic E-state index is 11.5. The van der Waals surface area contributed by atoms with E-state index in [1.807, 2.05) is 0 Å². The molecule has 0 aromatic carbocycles. The molecule has 3 heterocycles. The molecule has 2 aromatic heterocycles. The van der Waals surface area contributed by atoms with Crippen molar-refractivity contribution in [3.8, 4) is 0 Å². The quantitative estimate of drug-likeness (QED) is 0.143. The van der Waals surface area contributed by atoms with Crippen LogP contribution in [0.2, 0.25) is 0 Å².